The van der Waals surface area contributed by atoms with Crippen LogP contribution in [0.5, 0.6) is 0 Å². The van der Waals surface area contributed by atoms with Gasteiger partial charge in [0.2, 0.25) is 0 Å². The maximum absolute atomic E-state index is 6.23. The predicted molar refractivity (Wildman–Crippen MR) is 83.0 cm³/mol. The van der Waals surface area contributed by atoms with Crippen LogP contribution in [0.3, 0.4) is 0 Å². The third-order valence-electron chi connectivity index (χ3n) is 5.58. The first-order valence-corrected chi connectivity index (χ1v) is 8.77. The Kier molecular flexibility index (Phi) is 4.68. The second kappa shape index (κ2) is 6.33. The number of hydrogen-bond acceptors (Lipinski definition) is 3. The first-order chi connectivity index (χ1) is 9.64. The molecule has 0 bridgehead atoms. The Morgan fingerprint density at radius 3 is 2.65 bits per heavy atom. The fourth-order valence-electron chi connectivity index (χ4n) is 4.45. The van der Waals surface area contributed by atoms with Gasteiger partial charge in [0.05, 0.1) is 11.7 Å². The molecule has 2 aliphatic heterocycles. The highest BCUT2D eigenvalue weighted by Crippen LogP contribution is 2.33. The smallest absolute Gasteiger partial charge is 0.0710 e. The van der Waals surface area contributed by atoms with Crippen LogP contribution in [0.4, 0.5) is 0 Å². The van der Waals surface area contributed by atoms with Crippen molar-refractivity contribution in [2.45, 2.75) is 76.5 Å². The molecular weight excluding hydrogens is 248 g/mol. The molecule has 3 heteroatoms. The minimum absolute atomic E-state index is 0.110. The van der Waals surface area contributed by atoms with Gasteiger partial charge in [-0.3, -0.25) is 4.90 Å². The predicted octanol–water partition coefficient (Wildman–Crippen LogP) is 2.80. The molecule has 3 fully saturated rings. The monoisotopic (exact) mass is 280 g/mol. The van der Waals surface area contributed by atoms with Crippen LogP contribution >= 0.6 is 0 Å². The van der Waals surface area contributed by atoms with E-state index in [-0.39, 0.29) is 5.60 Å². The quantitative estimate of drug-likeness (QED) is 0.860. The highest BCUT2D eigenvalue weighted by molar-refractivity contribution is 4.90. The molecule has 0 aromatic rings. The zero-order chi connectivity index (χ0) is 14.0. The van der Waals surface area contributed by atoms with Gasteiger partial charge >= 0.3 is 0 Å². The van der Waals surface area contributed by atoms with E-state index in [1.165, 1.54) is 58.0 Å². The number of nitrogens with one attached hydrogen (secondary N) is 1. The molecule has 2 heterocycles. The van der Waals surface area contributed by atoms with Crippen molar-refractivity contribution >= 4 is 0 Å². The van der Waals surface area contributed by atoms with E-state index in [9.17, 15) is 0 Å². The lowest BCUT2D eigenvalue weighted by molar-refractivity contribution is -0.0416. The summed E-state index contributed by atoms with van der Waals surface area (Å²) in [5.74, 6) is 0.922. The largest absolute Gasteiger partial charge is 0.371 e. The van der Waals surface area contributed by atoms with Crippen LogP contribution in [0.15, 0.2) is 0 Å². The van der Waals surface area contributed by atoms with E-state index >= 15 is 0 Å². The van der Waals surface area contributed by atoms with Crippen LogP contribution in [-0.4, -0.2) is 48.8 Å². The van der Waals surface area contributed by atoms with Crippen molar-refractivity contribution in [3.05, 3.63) is 0 Å². The van der Waals surface area contributed by atoms with Crippen LogP contribution in [-0.2, 0) is 4.74 Å². The molecule has 1 aliphatic carbocycles. The molecule has 3 nitrogen and oxygen atoms in total. The maximum atomic E-state index is 6.23. The summed E-state index contributed by atoms with van der Waals surface area (Å²) >= 11 is 0. The zero-order valence-electron chi connectivity index (χ0n) is 13.4. The lowest BCUT2D eigenvalue weighted by Gasteiger charge is -2.43. The fraction of sp³-hybridized carbons (Fsp3) is 1.00. The van der Waals surface area contributed by atoms with Crippen molar-refractivity contribution in [2.24, 2.45) is 5.92 Å². The topological polar surface area (TPSA) is 24.5 Å². The van der Waals surface area contributed by atoms with Crippen LogP contribution in [0.2, 0.25) is 0 Å². The van der Waals surface area contributed by atoms with Crippen molar-refractivity contribution in [3.63, 3.8) is 0 Å². The SMILES string of the molecule is CC1(C)CCC(CN2CCNCC2C2CCCCC2)O1. The van der Waals surface area contributed by atoms with Gasteiger partial charge in [-0.15, -0.1) is 0 Å². The van der Waals surface area contributed by atoms with Crippen molar-refractivity contribution in [1.29, 1.82) is 0 Å². The van der Waals surface area contributed by atoms with Gasteiger partial charge in [-0.2, -0.15) is 0 Å². The Labute approximate surface area is 124 Å². The van der Waals surface area contributed by atoms with Crippen molar-refractivity contribution in [1.82, 2.24) is 10.2 Å². The standard InChI is InChI=1S/C17H32N2O/c1-17(2)9-8-15(20-17)13-19-11-10-18-12-16(19)14-6-4-3-5-7-14/h14-16,18H,3-13H2,1-2H3. The number of rotatable bonds is 3. The molecule has 3 aliphatic rings. The molecule has 1 N–H and O–H groups in total. The summed E-state index contributed by atoms with van der Waals surface area (Å²) in [5.41, 5.74) is 0.110. The van der Waals surface area contributed by atoms with Crippen LogP contribution in [0.25, 0.3) is 0 Å². The Balaban J connectivity index is 1.57. The van der Waals surface area contributed by atoms with E-state index in [0.29, 0.717) is 6.10 Å². The van der Waals surface area contributed by atoms with Gasteiger partial charge in [0.1, 0.15) is 0 Å². The van der Waals surface area contributed by atoms with E-state index in [1.807, 2.05) is 0 Å². The minimum atomic E-state index is 0.110. The van der Waals surface area contributed by atoms with Gasteiger partial charge in [-0.1, -0.05) is 19.3 Å². The molecule has 116 valence electrons. The molecule has 0 amide bonds. The first kappa shape index (κ1) is 14.8. The van der Waals surface area contributed by atoms with E-state index < -0.39 is 0 Å². The van der Waals surface area contributed by atoms with Gasteiger partial charge in [0.25, 0.3) is 0 Å². The zero-order valence-corrected chi connectivity index (χ0v) is 13.4. The van der Waals surface area contributed by atoms with Gasteiger partial charge in [-0.05, 0) is 45.4 Å². The lowest BCUT2D eigenvalue weighted by Crippen LogP contribution is -2.56. The Hall–Kier alpha value is -0.120. The summed E-state index contributed by atoms with van der Waals surface area (Å²) in [5, 5.41) is 3.62. The second-order valence-electron chi connectivity index (χ2n) is 7.70. The van der Waals surface area contributed by atoms with Gasteiger partial charge in [0, 0.05) is 32.2 Å². The molecule has 2 atom stereocenters. The second-order valence-corrected chi connectivity index (χ2v) is 7.70. The maximum Gasteiger partial charge on any atom is 0.0710 e. The van der Waals surface area contributed by atoms with Crippen LogP contribution in [0.1, 0.15) is 58.8 Å². The van der Waals surface area contributed by atoms with E-state index in [2.05, 4.69) is 24.1 Å². The summed E-state index contributed by atoms with van der Waals surface area (Å²) < 4.78 is 6.23. The number of hydrogen-bond donors (Lipinski definition) is 1. The molecule has 0 radical (unpaired) electrons. The summed E-state index contributed by atoms with van der Waals surface area (Å²) in [6.07, 6.45) is 10.2. The minimum Gasteiger partial charge on any atom is -0.371 e. The third kappa shape index (κ3) is 3.55. The summed E-state index contributed by atoms with van der Waals surface area (Å²) in [6, 6.07) is 0.761. The average molecular weight is 280 g/mol. The number of ether oxygens (including phenoxy) is 1. The summed E-state index contributed by atoms with van der Waals surface area (Å²) in [4.78, 5) is 2.75. The first-order valence-electron chi connectivity index (χ1n) is 8.77. The Morgan fingerprint density at radius 1 is 1.15 bits per heavy atom. The summed E-state index contributed by atoms with van der Waals surface area (Å²) in [6.45, 7) is 9.20. The Morgan fingerprint density at radius 2 is 1.95 bits per heavy atom. The van der Waals surface area contributed by atoms with E-state index in [1.54, 1.807) is 0 Å². The van der Waals surface area contributed by atoms with Gasteiger partial charge in [0.15, 0.2) is 0 Å². The normalized spacial score (nSPS) is 36.3. The van der Waals surface area contributed by atoms with E-state index in [0.717, 1.165) is 25.0 Å². The molecule has 1 saturated carbocycles. The molecule has 0 aromatic carbocycles. The number of nitrogens with zero attached hydrogens (tertiary/aromatic N) is 1. The average Bonchev–Trinajstić information content (AvgIpc) is 2.79. The molecule has 20 heavy (non-hydrogen) atoms. The summed E-state index contributed by atoms with van der Waals surface area (Å²) in [7, 11) is 0. The molecule has 3 rings (SSSR count). The van der Waals surface area contributed by atoms with Gasteiger partial charge < -0.3 is 10.1 Å². The molecular formula is C17H32N2O. The fourth-order valence-corrected chi connectivity index (χ4v) is 4.45. The van der Waals surface area contributed by atoms with Crippen LogP contribution in [0, 0.1) is 5.92 Å². The lowest BCUT2D eigenvalue weighted by atomic mass is 9.82. The van der Waals surface area contributed by atoms with Crippen molar-refractivity contribution < 1.29 is 4.74 Å². The van der Waals surface area contributed by atoms with Crippen LogP contribution < -0.4 is 5.32 Å². The highest BCUT2D eigenvalue weighted by Gasteiger charge is 2.36. The molecule has 0 spiro atoms. The molecule has 2 unspecified atom stereocenters. The Bertz CT molecular complexity index is 312. The number of piperazine rings is 1. The van der Waals surface area contributed by atoms with Gasteiger partial charge in [-0.25, -0.2) is 0 Å². The van der Waals surface area contributed by atoms with Crippen molar-refractivity contribution in [3.8, 4) is 0 Å². The van der Waals surface area contributed by atoms with Crippen molar-refractivity contribution in [2.75, 3.05) is 26.2 Å². The van der Waals surface area contributed by atoms with E-state index in [4.69, 9.17) is 4.74 Å². The molecule has 2 saturated heterocycles. The molecule has 0 aromatic heterocycles. The highest BCUT2D eigenvalue weighted by atomic mass is 16.5. The third-order valence-corrected chi connectivity index (χ3v) is 5.58.